The first kappa shape index (κ1) is 20.2. The number of non-ortho nitro benzene ring substituents is 1. The molecule has 0 aliphatic heterocycles. The van der Waals surface area contributed by atoms with Crippen molar-refractivity contribution >= 4 is 43.2 Å². The molecule has 0 aliphatic carbocycles. The number of carbonyl (C=O) groups is 1. The summed E-state index contributed by atoms with van der Waals surface area (Å²) in [6, 6.07) is 4.38. The minimum absolute atomic E-state index is 0.0627. The molecule has 0 fully saturated rings. The highest BCUT2D eigenvalue weighted by molar-refractivity contribution is 7.88. The molecule has 0 radical (unpaired) electrons. The lowest BCUT2D eigenvalue weighted by Crippen LogP contribution is -2.31. The summed E-state index contributed by atoms with van der Waals surface area (Å²) in [6.45, 7) is 0.354. The number of likely N-dealkylation sites (N-methyl/N-ethyl adjacent to an activating group) is 1. The summed E-state index contributed by atoms with van der Waals surface area (Å²) in [5.74, 6) is -0.634. The van der Waals surface area contributed by atoms with Crippen molar-refractivity contribution in [2.45, 2.75) is 6.54 Å². The van der Waals surface area contributed by atoms with E-state index in [0.29, 0.717) is 28.2 Å². The quantitative estimate of drug-likeness (QED) is 0.493. The zero-order chi connectivity index (χ0) is 19.5. The Morgan fingerprint density at radius 1 is 1.46 bits per heavy atom. The number of carbonyl (C=O) groups excluding carboxylic acids is 1. The summed E-state index contributed by atoms with van der Waals surface area (Å²) in [5.41, 5.74) is 0.619. The average molecular weight is 402 g/mol. The lowest BCUT2D eigenvalue weighted by molar-refractivity contribution is -0.384. The molecule has 1 amide bonds. The number of hydrogen-bond donors (Lipinski definition) is 0. The Balaban J connectivity index is 2.49. The van der Waals surface area contributed by atoms with Crippen LogP contribution in [0.25, 0.3) is 10.2 Å². The topological polar surface area (TPSA) is 124 Å². The molecule has 0 atom stereocenters. The van der Waals surface area contributed by atoms with Gasteiger partial charge in [0.25, 0.3) is 11.6 Å². The van der Waals surface area contributed by atoms with Crippen LogP contribution in [0.4, 0.5) is 5.69 Å². The Morgan fingerprint density at radius 2 is 2.15 bits per heavy atom. The second-order valence-corrected chi connectivity index (χ2v) is 8.56. The monoisotopic (exact) mass is 402 g/mol. The van der Waals surface area contributed by atoms with Crippen molar-refractivity contribution < 1.29 is 22.9 Å². The highest BCUT2D eigenvalue weighted by Gasteiger charge is 2.16. The van der Waals surface area contributed by atoms with Gasteiger partial charge in [-0.1, -0.05) is 11.3 Å². The third-order valence-electron chi connectivity index (χ3n) is 3.54. The smallest absolute Gasteiger partial charge is 0.270 e. The van der Waals surface area contributed by atoms with Crippen molar-refractivity contribution in [3.8, 4) is 0 Å². The van der Waals surface area contributed by atoms with Gasteiger partial charge in [0.2, 0.25) is 10.0 Å². The van der Waals surface area contributed by atoms with Gasteiger partial charge < -0.3 is 9.30 Å². The molecule has 1 heterocycles. The molecular formula is C14H18N4O6S2. The van der Waals surface area contributed by atoms with Crippen LogP contribution in [0.3, 0.4) is 0 Å². The highest BCUT2D eigenvalue weighted by Crippen LogP contribution is 2.23. The number of fused-ring (bicyclic) bond motifs is 1. The van der Waals surface area contributed by atoms with Gasteiger partial charge in [-0.2, -0.15) is 9.30 Å². The van der Waals surface area contributed by atoms with Crippen LogP contribution in [0.5, 0.6) is 0 Å². The number of hydrogen-bond acceptors (Lipinski definition) is 7. The van der Waals surface area contributed by atoms with Gasteiger partial charge in [0.1, 0.15) is 0 Å². The molecule has 2 aromatic rings. The molecule has 0 N–H and O–H groups in total. The van der Waals surface area contributed by atoms with Crippen LogP contribution in [-0.2, 0) is 26.1 Å². The largest absolute Gasteiger partial charge is 0.383 e. The van der Waals surface area contributed by atoms with Crippen LogP contribution < -0.4 is 4.80 Å². The van der Waals surface area contributed by atoms with Gasteiger partial charge in [-0.25, -0.2) is 8.42 Å². The van der Waals surface area contributed by atoms with Gasteiger partial charge in [-0.15, -0.1) is 0 Å². The van der Waals surface area contributed by atoms with Crippen LogP contribution >= 0.6 is 11.3 Å². The fraction of sp³-hybridized carbons (Fsp3) is 0.429. The maximum Gasteiger partial charge on any atom is 0.270 e. The summed E-state index contributed by atoms with van der Waals surface area (Å²) >= 11 is 1.12. The number of nitrogens with zero attached hydrogens (tertiary/aromatic N) is 4. The molecule has 2 rings (SSSR count). The number of nitro benzene ring substituents is 1. The second kappa shape index (κ2) is 8.03. The van der Waals surface area contributed by atoms with Crippen molar-refractivity contribution in [1.29, 1.82) is 0 Å². The summed E-state index contributed by atoms with van der Waals surface area (Å²) in [6.07, 6.45) is 0.998. The Morgan fingerprint density at radius 3 is 2.73 bits per heavy atom. The predicted octanol–water partition coefficient (Wildman–Crippen LogP) is 0.576. The zero-order valence-electron chi connectivity index (χ0n) is 14.4. The number of aromatic nitrogens is 1. The molecule has 1 aromatic heterocycles. The van der Waals surface area contributed by atoms with E-state index >= 15 is 0 Å². The van der Waals surface area contributed by atoms with E-state index in [0.717, 1.165) is 21.9 Å². The number of benzene rings is 1. The van der Waals surface area contributed by atoms with E-state index in [2.05, 4.69) is 4.99 Å². The van der Waals surface area contributed by atoms with Crippen LogP contribution in [-0.4, -0.2) is 61.7 Å². The van der Waals surface area contributed by atoms with E-state index in [1.54, 1.807) is 10.6 Å². The van der Waals surface area contributed by atoms with Gasteiger partial charge in [-0.3, -0.25) is 14.9 Å². The number of sulfonamides is 1. The number of nitro groups is 1. The van der Waals surface area contributed by atoms with E-state index in [1.807, 2.05) is 0 Å². The lowest BCUT2D eigenvalue weighted by atomic mass is 10.3. The van der Waals surface area contributed by atoms with Crippen LogP contribution in [0, 0.1) is 10.1 Å². The number of methoxy groups -OCH3 is 1. The number of amides is 1. The van der Waals surface area contributed by atoms with Gasteiger partial charge in [0.15, 0.2) is 4.80 Å². The molecule has 0 saturated heterocycles. The minimum atomic E-state index is -3.50. The fourth-order valence-corrected chi connectivity index (χ4v) is 3.56. The van der Waals surface area contributed by atoms with E-state index < -0.39 is 27.4 Å². The van der Waals surface area contributed by atoms with Crippen molar-refractivity contribution in [2.24, 2.45) is 4.99 Å². The molecule has 1 aromatic carbocycles. The standard InChI is InChI=1S/C14H18N4O6S2/c1-16(26(3,22)23)9-13(19)15-14-17(6-7-24-2)11-5-4-10(18(20)21)8-12(11)25-14/h4-5,8H,6-7,9H2,1-3H3. The Kier molecular flexibility index (Phi) is 6.23. The Labute approximate surface area is 153 Å². The first-order valence-corrected chi connectivity index (χ1v) is 10.1. The molecule has 26 heavy (non-hydrogen) atoms. The maximum atomic E-state index is 12.1. The summed E-state index contributed by atoms with van der Waals surface area (Å²) in [7, 11) is -0.682. The van der Waals surface area contributed by atoms with Gasteiger partial charge in [-0.05, 0) is 6.07 Å². The molecule has 0 spiro atoms. The highest BCUT2D eigenvalue weighted by atomic mass is 32.2. The lowest BCUT2D eigenvalue weighted by Gasteiger charge is -2.10. The van der Waals surface area contributed by atoms with Crippen molar-refractivity contribution in [3.63, 3.8) is 0 Å². The summed E-state index contributed by atoms with van der Waals surface area (Å²) in [5, 5.41) is 10.9. The molecule has 142 valence electrons. The third kappa shape index (κ3) is 4.72. The second-order valence-electron chi connectivity index (χ2n) is 5.46. The molecule has 0 aliphatic rings. The maximum absolute atomic E-state index is 12.1. The van der Waals surface area contributed by atoms with E-state index in [9.17, 15) is 23.3 Å². The van der Waals surface area contributed by atoms with E-state index in [1.165, 1.54) is 26.3 Å². The predicted molar refractivity (Wildman–Crippen MR) is 96.4 cm³/mol. The molecule has 10 nitrogen and oxygen atoms in total. The molecular weight excluding hydrogens is 384 g/mol. The van der Waals surface area contributed by atoms with E-state index in [4.69, 9.17) is 4.74 Å². The fourth-order valence-electron chi connectivity index (χ4n) is 2.11. The third-order valence-corrected chi connectivity index (χ3v) is 5.84. The molecule has 0 unspecified atom stereocenters. The summed E-state index contributed by atoms with van der Waals surface area (Å²) < 4.78 is 31.1. The van der Waals surface area contributed by atoms with Crippen LogP contribution in [0.15, 0.2) is 23.2 Å². The van der Waals surface area contributed by atoms with Gasteiger partial charge >= 0.3 is 0 Å². The number of rotatable bonds is 7. The Bertz CT molecular complexity index is 1010. The molecule has 12 heteroatoms. The normalized spacial score (nSPS) is 12.8. The van der Waals surface area contributed by atoms with Crippen molar-refractivity contribution in [3.05, 3.63) is 33.1 Å². The van der Waals surface area contributed by atoms with Crippen molar-refractivity contribution in [1.82, 2.24) is 8.87 Å². The van der Waals surface area contributed by atoms with Crippen LogP contribution in [0.1, 0.15) is 0 Å². The average Bonchev–Trinajstić information content (AvgIpc) is 2.87. The SMILES string of the molecule is COCCn1c(=NC(=O)CN(C)S(C)(=O)=O)sc2cc([N+](=O)[O-])ccc21. The summed E-state index contributed by atoms with van der Waals surface area (Å²) in [4.78, 5) is 26.9. The zero-order valence-corrected chi connectivity index (χ0v) is 16.0. The van der Waals surface area contributed by atoms with Crippen molar-refractivity contribution in [2.75, 3.05) is 33.6 Å². The molecule has 0 saturated carbocycles. The number of ether oxygens (including phenoxy) is 1. The van der Waals surface area contributed by atoms with Gasteiger partial charge in [0.05, 0.1) is 34.5 Å². The van der Waals surface area contributed by atoms with E-state index in [-0.39, 0.29) is 5.69 Å². The first-order chi connectivity index (χ1) is 12.1. The number of thiazole rings is 1. The van der Waals surface area contributed by atoms with Crippen LogP contribution in [0.2, 0.25) is 0 Å². The minimum Gasteiger partial charge on any atom is -0.383 e. The molecule has 0 bridgehead atoms. The van der Waals surface area contributed by atoms with Gasteiger partial charge in [0, 0.05) is 32.8 Å². The first-order valence-electron chi connectivity index (χ1n) is 7.39. The Hall–Kier alpha value is -2.15.